The van der Waals surface area contributed by atoms with Crippen molar-refractivity contribution in [3.05, 3.63) is 65.5 Å². The van der Waals surface area contributed by atoms with Crippen LogP contribution in [0.1, 0.15) is 11.1 Å². The standard InChI is InChI=1S/C14H14FNO/c15-13-7-3-1-5-11(13)9-16-10-12-6-2-4-8-14(12)17/h1-8,16-17H,9-10H2. The van der Waals surface area contributed by atoms with Crippen molar-refractivity contribution < 1.29 is 9.50 Å². The number of halogens is 1. The molecule has 0 heterocycles. The van der Waals surface area contributed by atoms with Gasteiger partial charge in [-0.3, -0.25) is 0 Å². The van der Waals surface area contributed by atoms with Gasteiger partial charge in [-0.15, -0.1) is 0 Å². The van der Waals surface area contributed by atoms with E-state index in [1.807, 2.05) is 12.1 Å². The number of aromatic hydroxyl groups is 1. The third-order valence-electron chi connectivity index (χ3n) is 2.58. The Morgan fingerprint density at radius 1 is 0.882 bits per heavy atom. The number of hydrogen-bond donors (Lipinski definition) is 2. The fourth-order valence-corrected chi connectivity index (χ4v) is 1.63. The number of phenolic OH excluding ortho intramolecular Hbond substituents is 1. The van der Waals surface area contributed by atoms with Crippen molar-refractivity contribution in [2.75, 3.05) is 0 Å². The molecular formula is C14H14FNO. The van der Waals surface area contributed by atoms with E-state index in [1.54, 1.807) is 30.3 Å². The highest BCUT2D eigenvalue weighted by Gasteiger charge is 2.01. The van der Waals surface area contributed by atoms with Crippen molar-refractivity contribution in [3.8, 4) is 5.75 Å². The van der Waals surface area contributed by atoms with Crippen molar-refractivity contribution in [1.82, 2.24) is 5.32 Å². The molecule has 0 saturated heterocycles. The highest BCUT2D eigenvalue weighted by atomic mass is 19.1. The van der Waals surface area contributed by atoms with E-state index >= 15 is 0 Å². The summed E-state index contributed by atoms with van der Waals surface area (Å²) in [5, 5.41) is 12.6. The van der Waals surface area contributed by atoms with Gasteiger partial charge >= 0.3 is 0 Å². The first kappa shape index (κ1) is 11.6. The van der Waals surface area contributed by atoms with Gasteiger partial charge in [0.2, 0.25) is 0 Å². The largest absolute Gasteiger partial charge is 0.508 e. The average Bonchev–Trinajstić information content (AvgIpc) is 2.34. The molecule has 17 heavy (non-hydrogen) atoms. The summed E-state index contributed by atoms with van der Waals surface area (Å²) in [4.78, 5) is 0. The lowest BCUT2D eigenvalue weighted by molar-refractivity contribution is 0.464. The van der Waals surface area contributed by atoms with E-state index in [0.29, 0.717) is 18.7 Å². The molecule has 0 spiro atoms. The maximum Gasteiger partial charge on any atom is 0.127 e. The van der Waals surface area contributed by atoms with Crippen LogP contribution < -0.4 is 5.32 Å². The summed E-state index contributed by atoms with van der Waals surface area (Å²) >= 11 is 0. The SMILES string of the molecule is Oc1ccccc1CNCc1ccccc1F. The van der Waals surface area contributed by atoms with Crippen LogP contribution in [0.3, 0.4) is 0 Å². The minimum atomic E-state index is -0.211. The Kier molecular flexibility index (Phi) is 3.73. The molecule has 0 aliphatic carbocycles. The van der Waals surface area contributed by atoms with Crippen molar-refractivity contribution in [3.63, 3.8) is 0 Å². The van der Waals surface area contributed by atoms with Crippen LogP contribution in [-0.2, 0) is 13.1 Å². The molecule has 0 radical (unpaired) electrons. The lowest BCUT2D eigenvalue weighted by Gasteiger charge is -2.07. The van der Waals surface area contributed by atoms with Crippen LogP contribution in [-0.4, -0.2) is 5.11 Å². The van der Waals surface area contributed by atoms with Crippen molar-refractivity contribution in [1.29, 1.82) is 0 Å². The van der Waals surface area contributed by atoms with E-state index in [2.05, 4.69) is 5.32 Å². The molecule has 0 saturated carbocycles. The average molecular weight is 231 g/mol. The molecule has 2 nitrogen and oxygen atoms in total. The Bertz CT molecular complexity index is 454. The lowest BCUT2D eigenvalue weighted by atomic mass is 10.2. The van der Waals surface area contributed by atoms with Gasteiger partial charge in [-0.05, 0) is 12.1 Å². The van der Waals surface area contributed by atoms with Crippen LogP contribution in [0.15, 0.2) is 48.5 Å². The van der Waals surface area contributed by atoms with Gasteiger partial charge in [-0.2, -0.15) is 0 Å². The van der Waals surface area contributed by atoms with Crippen LogP contribution in [0.5, 0.6) is 5.75 Å². The predicted octanol–water partition coefficient (Wildman–Crippen LogP) is 2.82. The van der Waals surface area contributed by atoms with Gasteiger partial charge in [0.1, 0.15) is 11.6 Å². The molecule has 0 amide bonds. The summed E-state index contributed by atoms with van der Waals surface area (Å²) in [7, 11) is 0. The second-order valence-corrected chi connectivity index (χ2v) is 3.82. The Hall–Kier alpha value is -1.87. The molecule has 0 bridgehead atoms. The van der Waals surface area contributed by atoms with Crippen molar-refractivity contribution >= 4 is 0 Å². The number of hydrogen-bond acceptors (Lipinski definition) is 2. The van der Waals surface area contributed by atoms with E-state index in [-0.39, 0.29) is 11.6 Å². The zero-order valence-corrected chi connectivity index (χ0v) is 9.36. The molecule has 88 valence electrons. The molecule has 2 rings (SSSR count). The number of para-hydroxylation sites is 1. The summed E-state index contributed by atoms with van der Waals surface area (Å²) < 4.78 is 13.3. The molecule has 2 aromatic rings. The van der Waals surface area contributed by atoms with Gasteiger partial charge in [0.15, 0.2) is 0 Å². The van der Waals surface area contributed by atoms with E-state index < -0.39 is 0 Å². The summed E-state index contributed by atoms with van der Waals surface area (Å²) in [6.07, 6.45) is 0. The molecule has 0 unspecified atom stereocenters. The number of phenols is 1. The summed E-state index contributed by atoms with van der Waals surface area (Å²) in [6, 6.07) is 13.8. The maximum absolute atomic E-state index is 13.3. The monoisotopic (exact) mass is 231 g/mol. The zero-order valence-electron chi connectivity index (χ0n) is 9.36. The Morgan fingerprint density at radius 3 is 2.18 bits per heavy atom. The molecule has 0 fully saturated rings. The number of benzene rings is 2. The molecule has 0 aromatic heterocycles. The van der Waals surface area contributed by atoms with E-state index in [1.165, 1.54) is 6.07 Å². The third kappa shape index (κ3) is 3.04. The Balaban J connectivity index is 1.93. The topological polar surface area (TPSA) is 32.3 Å². The Morgan fingerprint density at radius 2 is 1.47 bits per heavy atom. The molecular weight excluding hydrogens is 217 g/mol. The quantitative estimate of drug-likeness (QED) is 0.848. The predicted molar refractivity (Wildman–Crippen MR) is 65.1 cm³/mol. The molecule has 3 heteroatoms. The molecule has 2 N–H and O–H groups in total. The van der Waals surface area contributed by atoms with Gasteiger partial charge in [0, 0.05) is 24.2 Å². The summed E-state index contributed by atoms with van der Waals surface area (Å²) in [5.41, 5.74) is 1.44. The van der Waals surface area contributed by atoms with Gasteiger partial charge < -0.3 is 10.4 Å². The molecule has 0 aliphatic heterocycles. The smallest absolute Gasteiger partial charge is 0.127 e. The summed E-state index contributed by atoms with van der Waals surface area (Å²) in [5.74, 6) is 0.0471. The number of rotatable bonds is 4. The minimum absolute atomic E-state index is 0.211. The fourth-order valence-electron chi connectivity index (χ4n) is 1.63. The minimum Gasteiger partial charge on any atom is -0.508 e. The van der Waals surface area contributed by atoms with Gasteiger partial charge in [-0.25, -0.2) is 4.39 Å². The lowest BCUT2D eigenvalue weighted by Crippen LogP contribution is -2.13. The van der Waals surface area contributed by atoms with Gasteiger partial charge in [0.25, 0.3) is 0 Å². The first-order chi connectivity index (χ1) is 8.27. The van der Waals surface area contributed by atoms with Gasteiger partial charge in [-0.1, -0.05) is 36.4 Å². The molecule has 0 aliphatic rings. The van der Waals surface area contributed by atoms with Gasteiger partial charge in [0.05, 0.1) is 0 Å². The Labute approximate surface area is 99.7 Å². The second-order valence-electron chi connectivity index (χ2n) is 3.82. The van der Waals surface area contributed by atoms with Crippen LogP contribution in [0.4, 0.5) is 4.39 Å². The van der Waals surface area contributed by atoms with Crippen LogP contribution in [0.2, 0.25) is 0 Å². The zero-order chi connectivity index (χ0) is 12.1. The van der Waals surface area contributed by atoms with Crippen LogP contribution in [0.25, 0.3) is 0 Å². The highest BCUT2D eigenvalue weighted by molar-refractivity contribution is 5.31. The van der Waals surface area contributed by atoms with Crippen LogP contribution in [0, 0.1) is 5.82 Å². The highest BCUT2D eigenvalue weighted by Crippen LogP contribution is 2.15. The van der Waals surface area contributed by atoms with E-state index in [0.717, 1.165) is 5.56 Å². The third-order valence-corrected chi connectivity index (χ3v) is 2.58. The van der Waals surface area contributed by atoms with Crippen LogP contribution >= 0.6 is 0 Å². The normalized spacial score (nSPS) is 10.4. The van der Waals surface area contributed by atoms with E-state index in [9.17, 15) is 9.50 Å². The maximum atomic E-state index is 13.3. The van der Waals surface area contributed by atoms with Crippen molar-refractivity contribution in [2.45, 2.75) is 13.1 Å². The second kappa shape index (κ2) is 5.46. The van der Waals surface area contributed by atoms with E-state index in [4.69, 9.17) is 0 Å². The first-order valence-electron chi connectivity index (χ1n) is 5.48. The molecule has 0 atom stereocenters. The number of nitrogens with one attached hydrogen (secondary N) is 1. The van der Waals surface area contributed by atoms with Crippen molar-refractivity contribution in [2.24, 2.45) is 0 Å². The fraction of sp³-hybridized carbons (Fsp3) is 0.143. The first-order valence-corrected chi connectivity index (χ1v) is 5.48. The summed E-state index contributed by atoms with van der Waals surface area (Å²) in [6.45, 7) is 0.960. The molecule has 2 aromatic carbocycles.